The van der Waals surface area contributed by atoms with Crippen LogP contribution in [0.15, 0.2) is 48.8 Å². The molecule has 0 bridgehead atoms. The molecule has 2 heteroatoms. The van der Waals surface area contributed by atoms with Gasteiger partial charge in [0.15, 0.2) is 0 Å². The fourth-order valence-corrected chi connectivity index (χ4v) is 2.50. The number of ether oxygens (including phenoxy) is 1. The maximum Gasteiger partial charge on any atom is 0.123 e. The third-order valence-corrected chi connectivity index (χ3v) is 3.54. The summed E-state index contributed by atoms with van der Waals surface area (Å²) < 4.78 is 5.32. The lowest BCUT2D eigenvalue weighted by Gasteiger charge is -2.11. The Bertz CT molecular complexity index is 593. The summed E-state index contributed by atoms with van der Waals surface area (Å²) in [6, 6.07) is 6.30. The van der Waals surface area contributed by atoms with Crippen molar-refractivity contribution in [2.45, 2.75) is 19.8 Å². The second-order valence-corrected chi connectivity index (χ2v) is 4.77. The van der Waals surface area contributed by atoms with E-state index in [0.717, 1.165) is 29.6 Å². The summed E-state index contributed by atoms with van der Waals surface area (Å²) >= 11 is 0. The van der Waals surface area contributed by atoms with Crippen molar-refractivity contribution in [2.75, 3.05) is 7.11 Å². The minimum atomic E-state index is 0.458. The molecule has 0 heterocycles. The Morgan fingerprint density at radius 3 is 2.74 bits per heavy atom. The molecule has 98 valence electrons. The van der Waals surface area contributed by atoms with Gasteiger partial charge in [0.1, 0.15) is 5.76 Å². The minimum Gasteiger partial charge on any atom is -0.496 e. The average molecular weight is 253 g/mol. The van der Waals surface area contributed by atoms with Gasteiger partial charge in [-0.25, -0.2) is 0 Å². The van der Waals surface area contributed by atoms with Crippen molar-refractivity contribution in [1.82, 2.24) is 0 Å². The number of hydrogen-bond acceptors (Lipinski definition) is 2. The van der Waals surface area contributed by atoms with E-state index in [1.54, 1.807) is 13.2 Å². The molecule has 1 aliphatic rings. The van der Waals surface area contributed by atoms with Crippen LogP contribution in [-0.2, 0) is 11.2 Å². The third-order valence-electron chi connectivity index (χ3n) is 3.54. The largest absolute Gasteiger partial charge is 0.496 e. The molecule has 0 unspecified atom stereocenters. The van der Waals surface area contributed by atoms with Crippen molar-refractivity contribution in [3.05, 3.63) is 65.5 Å². The molecule has 19 heavy (non-hydrogen) atoms. The van der Waals surface area contributed by atoms with E-state index < -0.39 is 0 Å². The number of benzene rings is 1. The molecule has 0 saturated carbocycles. The molecular weight excluding hydrogens is 234 g/mol. The van der Waals surface area contributed by atoms with E-state index >= 15 is 0 Å². The van der Waals surface area contributed by atoms with E-state index in [2.05, 4.69) is 38.3 Å². The highest BCUT2D eigenvalue weighted by molar-refractivity contribution is 6.30. The van der Waals surface area contributed by atoms with Gasteiger partial charge in [0.2, 0.25) is 0 Å². The summed E-state index contributed by atoms with van der Waals surface area (Å²) in [4.78, 5) is 0. The molecule has 0 aromatic heterocycles. The van der Waals surface area contributed by atoms with E-state index in [-0.39, 0.29) is 0 Å². The molecule has 0 radical (unpaired) electrons. The summed E-state index contributed by atoms with van der Waals surface area (Å²) in [6.07, 6.45) is 3.34. The van der Waals surface area contributed by atoms with Crippen molar-refractivity contribution in [3.8, 4) is 0 Å². The van der Waals surface area contributed by atoms with Crippen LogP contribution in [0.1, 0.15) is 23.1 Å². The predicted octanol–water partition coefficient (Wildman–Crippen LogP) is 4.06. The number of allylic oxidation sites excluding steroid dienone is 3. The Labute approximate surface area is 114 Å². The van der Waals surface area contributed by atoms with Crippen LogP contribution < -0.4 is 0 Å². The quantitative estimate of drug-likeness (QED) is 0.625. The van der Waals surface area contributed by atoms with E-state index in [9.17, 15) is 0 Å². The molecule has 2 nitrogen and oxygen atoms in total. The van der Waals surface area contributed by atoms with Crippen LogP contribution in [0.5, 0.6) is 0 Å². The molecular formula is C17H19NO. The topological polar surface area (TPSA) is 33.1 Å². The Morgan fingerprint density at radius 1 is 1.37 bits per heavy atom. The first kappa shape index (κ1) is 13.3. The molecule has 0 amide bonds. The highest BCUT2D eigenvalue weighted by Crippen LogP contribution is 2.31. The van der Waals surface area contributed by atoms with Crippen LogP contribution in [0.2, 0.25) is 0 Å². The number of hydrogen-bond donors (Lipinski definition) is 1. The van der Waals surface area contributed by atoms with Crippen molar-refractivity contribution >= 4 is 11.3 Å². The molecule has 2 rings (SSSR count). The number of nitrogens with one attached hydrogen (secondary N) is 1. The average Bonchev–Trinajstić information content (AvgIpc) is 2.52. The highest BCUT2D eigenvalue weighted by atomic mass is 16.5. The van der Waals surface area contributed by atoms with Gasteiger partial charge in [0.25, 0.3) is 0 Å². The maximum atomic E-state index is 8.33. The summed E-state index contributed by atoms with van der Waals surface area (Å²) in [6.45, 7) is 9.91. The smallest absolute Gasteiger partial charge is 0.123 e. The molecule has 1 aliphatic carbocycles. The zero-order chi connectivity index (χ0) is 14.0. The Balaban J connectivity index is 2.54. The van der Waals surface area contributed by atoms with Gasteiger partial charge in [0, 0.05) is 11.1 Å². The van der Waals surface area contributed by atoms with Crippen LogP contribution in [0.4, 0.5) is 0 Å². The highest BCUT2D eigenvalue weighted by Gasteiger charge is 2.21. The number of methoxy groups -OCH3 is 1. The van der Waals surface area contributed by atoms with E-state index in [1.807, 2.05) is 0 Å². The Kier molecular flexibility index (Phi) is 3.70. The monoisotopic (exact) mass is 253 g/mol. The number of aryl methyl sites for hydroxylation is 2. The molecule has 0 atom stereocenters. The van der Waals surface area contributed by atoms with Crippen LogP contribution in [-0.4, -0.2) is 12.8 Å². The molecule has 1 aromatic carbocycles. The van der Waals surface area contributed by atoms with Gasteiger partial charge in [-0.3, -0.25) is 5.41 Å². The predicted molar refractivity (Wildman–Crippen MR) is 80.5 cm³/mol. The number of rotatable bonds is 2. The zero-order valence-corrected chi connectivity index (χ0v) is 11.5. The molecule has 1 aromatic rings. The zero-order valence-electron chi connectivity index (χ0n) is 11.5. The third kappa shape index (κ3) is 2.39. The summed E-state index contributed by atoms with van der Waals surface area (Å²) in [5, 5.41) is 8.33. The second kappa shape index (κ2) is 5.27. The minimum absolute atomic E-state index is 0.458. The Hall–Kier alpha value is -2.09. The molecule has 1 N–H and O–H groups in total. The first-order valence-electron chi connectivity index (χ1n) is 6.36. The van der Waals surface area contributed by atoms with E-state index in [1.165, 1.54) is 11.1 Å². The normalized spacial score (nSPS) is 17.6. The molecule has 0 spiro atoms. The van der Waals surface area contributed by atoms with Gasteiger partial charge < -0.3 is 4.74 Å². The number of fused-ring (bicyclic) bond motifs is 1. The first-order valence-corrected chi connectivity index (χ1v) is 6.36. The standard InChI is InChI=1S/C17H19NO/c1-5-16(19-4)15-9-7-13-10-11(2)6-8-14(13)12(3)17(15)18/h5-6,8,10,18H,1,3,7,9H2,2,4H3/b16-15+,18-17?. The fraction of sp³-hybridized carbons (Fsp3) is 0.235. The summed E-state index contributed by atoms with van der Waals surface area (Å²) in [5.74, 6) is 0.677. The Morgan fingerprint density at radius 2 is 2.11 bits per heavy atom. The summed E-state index contributed by atoms with van der Waals surface area (Å²) in [5.41, 5.74) is 5.67. The van der Waals surface area contributed by atoms with Gasteiger partial charge in [0.05, 0.1) is 12.8 Å². The lowest BCUT2D eigenvalue weighted by atomic mass is 9.96. The maximum absolute atomic E-state index is 8.33. The lowest BCUT2D eigenvalue weighted by Crippen LogP contribution is -2.05. The molecule has 0 saturated heterocycles. The van der Waals surface area contributed by atoms with Gasteiger partial charge in [-0.2, -0.15) is 0 Å². The van der Waals surface area contributed by atoms with Crippen LogP contribution in [0.3, 0.4) is 0 Å². The fourth-order valence-electron chi connectivity index (χ4n) is 2.50. The lowest BCUT2D eigenvalue weighted by molar-refractivity contribution is 0.303. The van der Waals surface area contributed by atoms with Crippen molar-refractivity contribution in [1.29, 1.82) is 5.41 Å². The summed E-state index contributed by atoms with van der Waals surface area (Å²) in [7, 11) is 1.61. The van der Waals surface area contributed by atoms with Crippen molar-refractivity contribution in [3.63, 3.8) is 0 Å². The van der Waals surface area contributed by atoms with Gasteiger partial charge in [-0.15, -0.1) is 0 Å². The van der Waals surface area contributed by atoms with Crippen molar-refractivity contribution in [2.24, 2.45) is 0 Å². The van der Waals surface area contributed by atoms with Gasteiger partial charge >= 0.3 is 0 Å². The van der Waals surface area contributed by atoms with Crippen molar-refractivity contribution < 1.29 is 4.74 Å². The van der Waals surface area contributed by atoms with Crippen LogP contribution in [0, 0.1) is 12.3 Å². The van der Waals surface area contributed by atoms with E-state index in [0.29, 0.717) is 11.5 Å². The SMILES string of the molecule is C=C/C(OC)=C1/CCc2cc(C)ccc2C(=C)C1=N. The molecule has 0 fully saturated rings. The molecule has 0 aliphatic heterocycles. The second-order valence-electron chi connectivity index (χ2n) is 4.77. The van der Waals surface area contributed by atoms with Crippen LogP contribution >= 0.6 is 0 Å². The van der Waals surface area contributed by atoms with Gasteiger partial charge in [-0.05, 0) is 37.0 Å². The van der Waals surface area contributed by atoms with E-state index in [4.69, 9.17) is 10.1 Å². The van der Waals surface area contributed by atoms with Crippen LogP contribution in [0.25, 0.3) is 5.57 Å². The first-order chi connectivity index (χ1) is 9.08. The van der Waals surface area contributed by atoms with Gasteiger partial charge in [-0.1, -0.05) is 36.9 Å².